The summed E-state index contributed by atoms with van der Waals surface area (Å²) in [7, 11) is 2.24. The van der Waals surface area contributed by atoms with Gasteiger partial charge in [-0.25, -0.2) is 0 Å². The van der Waals surface area contributed by atoms with Gasteiger partial charge in [0.2, 0.25) is 0 Å². The molecule has 1 aliphatic rings. The van der Waals surface area contributed by atoms with Crippen LogP contribution >= 0.6 is 0 Å². The van der Waals surface area contributed by atoms with Crippen molar-refractivity contribution in [1.29, 1.82) is 0 Å². The Bertz CT molecular complexity index is 495. The van der Waals surface area contributed by atoms with E-state index in [2.05, 4.69) is 72.6 Å². The molecule has 0 aromatic heterocycles. The molecule has 110 valence electrons. The standard InChI is InChI=1S/C20H25N/c1-21-14-12-20(13-15-21,16-18-8-4-2-5-9-18)17-19-10-6-3-7-11-19/h2-11H,12-17H2,1H3. The zero-order valence-corrected chi connectivity index (χ0v) is 13.0. The van der Waals surface area contributed by atoms with E-state index in [1.807, 2.05) is 0 Å². The quantitative estimate of drug-likeness (QED) is 0.811. The molecule has 0 spiro atoms. The van der Waals surface area contributed by atoms with E-state index in [4.69, 9.17) is 0 Å². The third-order valence-electron chi connectivity index (χ3n) is 4.89. The summed E-state index contributed by atoms with van der Waals surface area (Å²) in [4.78, 5) is 2.47. The highest BCUT2D eigenvalue weighted by atomic mass is 15.1. The van der Waals surface area contributed by atoms with Crippen LogP contribution in [0.2, 0.25) is 0 Å². The Morgan fingerprint density at radius 3 is 1.62 bits per heavy atom. The molecule has 0 unspecified atom stereocenters. The molecular weight excluding hydrogens is 254 g/mol. The number of likely N-dealkylation sites (tertiary alicyclic amines) is 1. The van der Waals surface area contributed by atoms with E-state index in [-0.39, 0.29) is 0 Å². The van der Waals surface area contributed by atoms with Crippen LogP contribution in [0.3, 0.4) is 0 Å². The minimum Gasteiger partial charge on any atom is -0.306 e. The van der Waals surface area contributed by atoms with Crippen molar-refractivity contribution in [3.8, 4) is 0 Å². The second-order valence-electron chi connectivity index (χ2n) is 6.63. The summed E-state index contributed by atoms with van der Waals surface area (Å²) in [6.45, 7) is 2.44. The van der Waals surface area contributed by atoms with Crippen molar-refractivity contribution in [3.63, 3.8) is 0 Å². The van der Waals surface area contributed by atoms with Crippen LogP contribution in [0.1, 0.15) is 24.0 Å². The Labute approximate surface area is 128 Å². The first-order valence-corrected chi connectivity index (χ1v) is 8.02. The molecule has 1 saturated heterocycles. The van der Waals surface area contributed by atoms with Crippen LogP contribution in [0.5, 0.6) is 0 Å². The van der Waals surface area contributed by atoms with Gasteiger partial charge >= 0.3 is 0 Å². The van der Waals surface area contributed by atoms with Crippen LogP contribution in [0, 0.1) is 5.41 Å². The minimum absolute atomic E-state index is 0.426. The monoisotopic (exact) mass is 279 g/mol. The van der Waals surface area contributed by atoms with Gasteiger partial charge in [-0.1, -0.05) is 60.7 Å². The molecule has 0 radical (unpaired) electrons. The largest absolute Gasteiger partial charge is 0.306 e. The van der Waals surface area contributed by atoms with Crippen molar-refractivity contribution in [2.75, 3.05) is 20.1 Å². The number of piperidine rings is 1. The van der Waals surface area contributed by atoms with E-state index in [0.717, 1.165) is 0 Å². The van der Waals surface area contributed by atoms with E-state index in [9.17, 15) is 0 Å². The molecule has 0 saturated carbocycles. The molecule has 0 atom stereocenters. The Hall–Kier alpha value is -1.60. The summed E-state index contributed by atoms with van der Waals surface area (Å²) in [6, 6.07) is 22.0. The molecule has 1 heterocycles. The van der Waals surface area contributed by atoms with Crippen molar-refractivity contribution in [2.24, 2.45) is 5.41 Å². The smallest absolute Gasteiger partial charge is 0.00163 e. The topological polar surface area (TPSA) is 3.24 Å². The maximum atomic E-state index is 2.47. The first-order chi connectivity index (χ1) is 10.3. The Morgan fingerprint density at radius 1 is 0.762 bits per heavy atom. The van der Waals surface area contributed by atoms with Gasteiger partial charge in [0, 0.05) is 0 Å². The van der Waals surface area contributed by atoms with Crippen molar-refractivity contribution in [1.82, 2.24) is 4.90 Å². The number of hydrogen-bond donors (Lipinski definition) is 0. The minimum atomic E-state index is 0.426. The van der Waals surface area contributed by atoms with Crippen LogP contribution in [0.4, 0.5) is 0 Å². The molecule has 2 aromatic carbocycles. The predicted octanol–water partition coefficient (Wildman–Crippen LogP) is 4.18. The van der Waals surface area contributed by atoms with Gasteiger partial charge in [-0.05, 0) is 62.4 Å². The molecular formula is C20H25N. The van der Waals surface area contributed by atoms with Gasteiger partial charge in [-0.2, -0.15) is 0 Å². The highest BCUT2D eigenvalue weighted by Gasteiger charge is 2.33. The second kappa shape index (κ2) is 6.44. The molecule has 21 heavy (non-hydrogen) atoms. The molecule has 2 aromatic rings. The third kappa shape index (κ3) is 3.74. The lowest BCUT2D eigenvalue weighted by Crippen LogP contribution is -2.40. The molecule has 1 fully saturated rings. The molecule has 1 aliphatic heterocycles. The fourth-order valence-electron chi connectivity index (χ4n) is 3.57. The predicted molar refractivity (Wildman–Crippen MR) is 89.5 cm³/mol. The van der Waals surface area contributed by atoms with Crippen molar-refractivity contribution < 1.29 is 0 Å². The average molecular weight is 279 g/mol. The third-order valence-corrected chi connectivity index (χ3v) is 4.89. The lowest BCUT2D eigenvalue weighted by atomic mass is 9.70. The van der Waals surface area contributed by atoms with Gasteiger partial charge in [0.05, 0.1) is 0 Å². The van der Waals surface area contributed by atoms with E-state index in [1.165, 1.54) is 49.9 Å². The molecule has 0 N–H and O–H groups in total. The number of benzene rings is 2. The van der Waals surface area contributed by atoms with Gasteiger partial charge < -0.3 is 4.90 Å². The van der Waals surface area contributed by atoms with Crippen LogP contribution < -0.4 is 0 Å². The van der Waals surface area contributed by atoms with Crippen LogP contribution in [-0.4, -0.2) is 25.0 Å². The van der Waals surface area contributed by atoms with Crippen LogP contribution in [0.25, 0.3) is 0 Å². The van der Waals surface area contributed by atoms with Gasteiger partial charge in [-0.3, -0.25) is 0 Å². The maximum Gasteiger partial charge on any atom is -0.00163 e. The van der Waals surface area contributed by atoms with Gasteiger partial charge in [-0.15, -0.1) is 0 Å². The first-order valence-electron chi connectivity index (χ1n) is 8.02. The highest BCUT2D eigenvalue weighted by Crippen LogP contribution is 2.38. The van der Waals surface area contributed by atoms with E-state index in [0.29, 0.717) is 5.41 Å². The zero-order chi connectivity index (χ0) is 14.5. The average Bonchev–Trinajstić information content (AvgIpc) is 2.52. The summed E-state index contributed by atoms with van der Waals surface area (Å²) in [5, 5.41) is 0. The second-order valence-corrected chi connectivity index (χ2v) is 6.63. The Kier molecular flexibility index (Phi) is 4.40. The Balaban J connectivity index is 1.81. The summed E-state index contributed by atoms with van der Waals surface area (Å²) in [5.74, 6) is 0. The summed E-state index contributed by atoms with van der Waals surface area (Å²) in [5.41, 5.74) is 3.39. The fourth-order valence-corrected chi connectivity index (χ4v) is 3.57. The SMILES string of the molecule is CN1CCC(Cc2ccccc2)(Cc2ccccc2)CC1. The Morgan fingerprint density at radius 2 is 1.19 bits per heavy atom. The van der Waals surface area contributed by atoms with Gasteiger partial charge in [0.15, 0.2) is 0 Å². The van der Waals surface area contributed by atoms with Gasteiger partial charge in [0.1, 0.15) is 0 Å². The summed E-state index contributed by atoms with van der Waals surface area (Å²) < 4.78 is 0. The van der Waals surface area contributed by atoms with Gasteiger partial charge in [0.25, 0.3) is 0 Å². The maximum absolute atomic E-state index is 2.47. The summed E-state index contributed by atoms with van der Waals surface area (Å²) >= 11 is 0. The normalized spacial score (nSPS) is 18.5. The van der Waals surface area contributed by atoms with Crippen LogP contribution in [-0.2, 0) is 12.8 Å². The number of hydrogen-bond acceptors (Lipinski definition) is 1. The molecule has 0 aliphatic carbocycles. The van der Waals surface area contributed by atoms with E-state index in [1.54, 1.807) is 0 Å². The van der Waals surface area contributed by atoms with Crippen molar-refractivity contribution in [2.45, 2.75) is 25.7 Å². The lowest BCUT2D eigenvalue weighted by Gasteiger charge is -2.41. The lowest BCUT2D eigenvalue weighted by molar-refractivity contribution is 0.121. The molecule has 1 heteroatoms. The summed E-state index contributed by atoms with van der Waals surface area (Å²) in [6.07, 6.45) is 5.01. The van der Waals surface area contributed by atoms with E-state index >= 15 is 0 Å². The molecule has 0 amide bonds. The van der Waals surface area contributed by atoms with Crippen molar-refractivity contribution in [3.05, 3.63) is 71.8 Å². The number of rotatable bonds is 4. The highest BCUT2D eigenvalue weighted by molar-refractivity contribution is 5.21. The van der Waals surface area contributed by atoms with Crippen molar-refractivity contribution >= 4 is 0 Å². The molecule has 1 nitrogen and oxygen atoms in total. The molecule has 3 rings (SSSR count). The first kappa shape index (κ1) is 14.3. The number of nitrogens with zero attached hydrogens (tertiary/aromatic N) is 1. The zero-order valence-electron chi connectivity index (χ0n) is 13.0. The van der Waals surface area contributed by atoms with Crippen LogP contribution in [0.15, 0.2) is 60.7 Å². The van der Waals surface area contributed by atoms with E-state index < -0.39 is 0 Å². The fraction of sp³-hybridized carbons (Fsp3) is 0.400. The molecule has 0 bridgehead atoms.